The molecule has 3 atom stereocenters. The highest BCUT2D eigenvalue weighted by Gasteiger charge is 2.58. The van der Waals surface area contributed by atoms with Gasteiger partial charge in [0.2, 0.25) is 0 Å². The van der Waals surface area contributed by atoms with Gasteiger partial charge >= 0.3 is 0 Å². The van der Waals surface area contributed by atoms with Crippen molar-refractivity contribution in [3.63, 3.8) is 0 Å². The van der Waals surface area contributed by atoms with Crippen molar-refractivity contribution in [2.24, 2.45) is 16.3 Å². The van der Waals surface area contributed by atoms with Crippen LogP contribution in [0.1, 0.15) is 50.4 Å². The summed E-state index contributed by atoms with van der Waals surface area (Å²) in [5.41, 5.74) is 0.151. The number of rotatable bonds is 5. The number of hydrogen-bond donors (Lipinski definition) is 2. The molecule has 25 heavy (non-hydrogen) atoms. The molecule has 3 rings (SSSR count). The molecule has 2 aliphatic rings. The standard InChI is InChI=1S/C18H30N4OS.HI/c1-5-12-10-20-14(24-12)11-21-17(19-6-2)22-15-13-8-7-9-23-16(13)18(15,3)4;/h10,13,15-16H,5-9,11H2,1-4H3,(H2,19,21,22);1H. The number of nitrogens with zero attached hydrogens (tertiary/aromatic N) is 2. The van der Waals surface area contributed by atoms with E-state index in [-0.39, 0.29) is 29.4 Å². The Kier molecular flexibility index (Phi) is 7.52. The number of halogens is 1. The average molecular weight is 478 g/mol. The predicted molar refractivity (Wildman–Crippen MR) is 115 cm³/mol. The molecule has 0 amide bonds. The van der Waals surface area contributed by atoms with Crippen LogP contribution in [0.4, 0.5) is 0 Å². The summed E-state index contributed by atoms with van der Waals surface area (Å²) in [7, 11) is 0. The Balaban J connectivity index is 0.00000225. The third kappa shape index (κ3) is 4.47. The first-order valence-electron chi connectivity index (χ1n) is 9.16. The molecule has 0 radical (unpaired) electrons. The number of hydrogen-bond acceptors (Lipinski definition) is 4. The van der Waals surface area contributed by atoms with E-state index in [1.54, 1.807) is 11.3 Å². The van der Waals surface area contributed by atoms with Gasteiger partial charge in [0, 0.05) is 41.6 Å². The molecule has 142 valence electrons. The highest BCUT2D eigenvalue weighted by Crippen LogP contribution is 2.51. The second-order valence-electron chi connectivity index (χ2n) is 7.31. The maximum atomic E-state index is 6.00. The number of ether oxygens (including phenoxy) is 1. The molecule has 7 heteroatoms. The molecule has 1 saturated heterocycles. The zero-order chi connectivity index (χ0) is 17.2. The molecule has 1 aromatic heterocycles. The van der Waals surface area contributed by atoms with Gasteiger partial charge < -0.3 is 15.4 Å². The largest absolute Gasteiger partial charge is 0.377 e. The summed E-state index contributed by atoms with van der Waals surface area (Å²) in [5.74, 6) is 1.50. The summed E-state index contributed by atoms with van der Waals surface area (Å²) in [6.07, 6.45) is 5.81. The van der Waals surface area contributed by atoms with Crippen molar-refractivity contribution in [1.29, 1.82) is 0 Å². The molecule has 0 aromatic carbocycles. The fourth-order valence-corrected chi connectivity index (χ4v) is 4.80. The molecule has 1 saturated carbocycles. The Morgan fingerprint density at radius 2 is 2.24 bits per heavy atom. The van der Waals surface area contributed by atoms with E-state index in [1.165, 1.54) is 17.7 Å². The SMILES string of the molecule is CCNC(=NCc1ncc(CC)s1)NC1C2CCCOC2C1(C)C.I. The zero-order valence-corrected chi connectivity index (χ0v) is 18.8. The van der Waals surface area contributed by atoms with Gasteiger partial charge in [-0.3, -0.25) is 0 Å². The third-order valence-corrected chi connectivity index (χ3v) is 6.42. The third-order valence-electron chi connectivity index (χ3n) is 5.29. The van der Waals surface area contributed by atoms with Crippen LogP contribution in [0.5, 0.6) is 0 Å². The summed E-state index contributed by atoms with van der Waals surface area (Å²) >= 11 is 1.76. The van der Waals surface area contributed by atoms with Crippen molar-refractivity contribution in [2.45, 2.75) is 65.6 Å². The maximum absolute atomic E-state index is 6.00. The Bertz CT molecular complexity index is 589. The fourth-order valence-electron chi connectivity index (χ4n) is 4.01. The van der Waals surface area contributed by atoms with Crippen LogP contribution in [-0.2, 0) is 17.7 Å². The Morgan fingerprint density at radius 1 is 1.44 bits per heavy atom. The van der Waals surface area contributed by atoms with E-state index in [0.29, 0.717) is 24.6 Å². The molecule has 0 bridgehead atoms. The molecule has 5 nitrogen and oxygen atoms in total. The van der Waals surface area contributed by atoms with Gasteiger partial charge in [-0.2, -0.15) is 0 Å². The van der Waals surface area contributed by atoms with Gasteiger partial charge in [0.15, 0.2) is 5.96 Å². The first-order valence-corrected chi connectivity index (χ1v) is 9.98. The first kappa shape index (κ1) is 20.9. The summed E-state index contributed by atoms with van der Waals surface area (Å²) in [4.78, 5) is 10.5. The first-order chi connectivity index (χ1) is 11.6. The van der Waals surface area contributed by atoms with E-state index in [0.717, 1.165) is 30.5 Å². The highest BCUT2D eigenvalue weighted by atomic mass is 127. The van der Waals surface area contributed by atoms with Crippen molar-refractivity contribution < 1.29 is 4.74 Å². The molecule has 2 heterocycles. The molecule has 3 unspecified atom stereocenters. The molecule has 1 aliphatic heterocycles. The number of aromatic nitrogens is 1. The number of guanidine groups is 1. The van der Waals surface area contributed by atoms with Gasteiger partial charge in [0.25, 0.3) is 0 Å². The van der Waals surface area contributed by atoms with Crippen LogP contribution >= 0.6 is 35.3 Å². The quantitative estimate of drug-likeness (QED) is 0.386. The molecular weight excluding hydrogens is 447 g/mol. The molecule has 0 spiro atoms. The lowest BCUT2D eigenvalue weighted by Crippen LogP contribution is -2.71. The van der Waals surface area contributed by atoms with Crippen LogP contribution in [0.15, 0.2) is 11.2 Å². The van der Waals surface area contributed by atoms with Gasteiger partial charge in [0.05, 0.1) is 12.6 Å². The number of aliphatic imine (C=N–C) groups is 1. The normalized spacial score (nSPS) is 27.7. The van der Waals surface area contributed by atoms with Gasteiger partial charge in [0.1, 0.15) is 5.01 Å². The second kappa shape index (κ2) is 8.99. The van der Waals surface area contributed by atoms with Crippen LogP contribution in [0, 0.1) is 11.3 Å². The minimum atomic E-state index is 0. The maximum Gasteiger partial charge on any atom is 0.191 e. The topological polar surface area (TPSA) is 58.5 Å². The second-order valence-corrected chi connectivity index (χ2v) is 8.51. The van der Waals surface area contributed by atoms with Crippen molar-refractivity contribution in [3.8, 4) is 0 Å². The summed E-state index contributed by atoms with van der Waals surface area (Å²) in [6, 6.07) is 0.420. The predicted octanol–water partition coefficient (Wildman–Crippen LogP) is 3.58. The average Bonchev–Trinajstić information content (AvgIpc) is 3.05. The van der Waals surface area contributed by atoms with Crippen molar-refractivity contribution >= 4 is 41.3 Å². The highest BCUT2D eigenvalue weighted by molar-refractivity contribution is 14.0. The van der Waals surface area contributed by atoms with E-state index in [1.807, 2.05) is 6.20 Å². The molecule has 1 aromatic rings. The van der Waals surface area contributed by atoms with E-state index in [4.69, 9.17) is 9.73 Å². The fraction of sp³-hybridized carbons (Fsp3) is 0.778. The molecule has 1 aliphatic carbocycles. The smallest absolute Gasteiger partial charge is 0.191 e. The van der Waals surface area contributed by atoms with Crippen LogP contribution in [0.2, 0.25) is 0 Å². The Morgan fingerprint density at radius 3 is 2.92 bits per heavy atom. The van der Waals surface area contributed by atoms with Crippen molar-refractivity contribution in [2.75, 3.05) is 13.2 Å². The number of nitrogens with one attached hydrogen (secondary N) is 2. The van der Waals surface area contributed by atoms with Crippen molar-refractivity contribution in [1.82, 2.24) is 15.6 Å². The summed E-state index contributed by atoms with van der Waals surface area (Å²) in [5, 5.41) is 8.13. The zero-order valence-electron chi connectivity index (χ0n) is 15.7. The van der Waals surface area contributed by atoms with E-state index in [9.17, 15) is 0 Å². The number of fused-ring (bicyclic) bond motifs is 1. The monoisotopic (exact) mass is 478 g/mol. The Labute approximate surface area is 172 Å². The van der Waals surface area contributed by atoms with Crippen molar-refractivity contribution in [3.05, 3.63) is 16.1 Å². The van der Waals surface area contributed by atoms with Crippen LogP contribution < -0.4 is 10.6 Å². The number of thiazole rings is 1. The minimum Gasteiger partial charge on any atom is -0.377 e. The summed E-state index contributed by atoms with van der Waals surface area (Å²) in [6.45, 7) is 11.3. The number of aryl methyl sites for hydroxylation is 1. The summed E-state index contributed by atoms with van der Waals surface area (Å²) < 4.78 is 6.00. The van der Waals surface area contributed by atoms with E-state index >= 15 is 0 Å². The van der Waals surface area contributed by atoms with Crippen LogP contribution in [0.3, 0.4) is 0 Å². The van der Waals surface area contributed by atoms with Gasteiger partial charge in [-0.1, -0.05) is 20.8 Å². The van der Waals surface area contributed by atoms with Gasteiger partial charge in [-0.25, -0.2) is 9.98 Å². The molecular formula is C18H31IN4OS. The van der Waals surface area contributed by atoms with Crippen LogP contribution in [0.25, 0.3) is 0 Å². The lowest BCUT2D eigenvalue weighted by atomic mass is 9.55. The lowest BCUT2D eigenvalue weighted by Gasteiger charge is -2.60. The lowest BCUT2D eigenvalue weighted by molar-refractivity contribution is -0.188. The van der Waals surface area contributed by atoms with Crippen LogP contribution in [-0.4, -0.2) is 36.2 Å². The van der Waals surface area contributed by atoms with Gasteiger partial charge in [-0.05, 0) is 26.2 Å². The molecule has 2 fully saturated rings. The minimum absolute atomic E-state index is 0. The Hall–Kier alpha value is -0.410. The van der Waals surface area contributed by atoms with Gasteiger partial charge in [-0.15, -0.1) is 35.3 Å². The van der Waals surface area contributed by atoms with E-state index in [2.05, 4.69) is 43.3 Å². The van der Waals surface area contributed by atoms with E-state index < -0.39 is 0 Å². The molecule has 2 N–H and O–H groups in total.